The van der Waals surface area contributed by atoms with Gasteiger partial charge in [-0.05, 0) is 74.9 Å². The summed E-state index contributed by atoms with van der Waals surface area (Å²) in [6.45, 7) is 9.16. The van der Waals surface area contributed by atoms with E-state index in [0.717, 1.165) is 78.9 Å². The molecular weight excluding hydrogens is 749 g/mol. The first-order valence-corrected chi connectivity index (χ1v) is 27.0. The molecule has 0 atom stereocenters. The van der Waals surface area contributed by atoms with Gasteiger partial charge in [-0.1, -0.05) is 256 Å². The average molecular weight is 845 g/mol. The molecule has 346 valence electrons. The van der Waals surface area contributed by atoms with Crippen LogP contribution in [-0.2, 0) is 0 Å². The Kier molecular flexibility index (Phi) is 37.2. The van der Waals surface area contributed by atoms with E-state index in [4.69, 9.17) is 9.98 Å². The van der Waals surface area contributed by atoms with E-state index in [9.17, 15) is 0 Å². The molecule has 2 aromatic rings. The van der Waals surface area contributed by atoms with Crippen molar-refractivity contribution in [3.8, 4) is 23.7 Å². The molecule has 0 unspecified atom stereocenters. The molecular formula is C60H96N2. The van der Waals surface area contributed by atoms with Crippen LogP contribution >= 0.6 is 0 Å². The Morgan fingerprint density at radius 2 is 0.629 bits per heavy atom. The number of hydrogen-bond donors (Lipinski definition) is 0. The molecule has 62 heavy (non-hydrogen) atoms. The summed E-state index contributed by atoms with van der Waals surface area (Å²) in [4.78, 5) is 10.7. The summed E-state index contributed by atoms with van der Waals surface area (Å²) < 4.78 is 0. The molecule has 2 rings (SSSR count). The topological polar surface area (TPSA) is 24.7 Å². The van der Waals surface area contributed by atoms with Gasteiger partial charge in [-0.15, -0.1) is 0 Å². The molecule has 0 spiro atoms. The molecule has 0 N–H and O–H groups in total. The van der Waals surface area contributed by atoms with Crippen molar-refractivity contribution in [1.82, 2.24) is 0 Å². The summed E-state index contributed by atoms with van der Waals surface area (Å²) in [5.41, 5.74) is 6.40. The highest BCUT2D eigenvalue weighted by Gasteiger charge is 2.11. The Hall–Kier alpha value is -3.10. The Balaban J connectivity index is 1.96. The molecule has 0 aliphatic rings. The lowest BCUT2D eigenvalue weighted by molar-refractivity contribution is 0.540. The van der Waals surface area contributed by atoms with E-state index in [0.29, 0.717) is 0 Å². The predicted molar refractivity (Wildman–Crippen MR) is 279 cm³/mol. The van der Waals surface area contributed by atoms with Crippen molar-refractivity contribution in [3.63, 3.8) is 0 Å². The molecule has 0 bridgehead atoms. The largest absolute Gasteiger partial charge is 0.252 e. The fourth-order valence-corrected chi connectivity index (χ4v) is 8.36. The van der Waals surface area contributed by atoms with Crippen molar-refractivity contribution in [2.75, 3.05) is 0 Å². The molecule has 0 aromatic heterocycles. The Morgan fingerprint density at radius 3 is 0.968 bits per heavy atom. The lowest BCUT2D eigenvalue weighted by atomic mass is 10.0. The predicted octanol–water partition coefficient (Wildman–Crippen LogP) is 20.1. The van der Waals surface area contributed by atoms with Gasteiger partial charge >= 0.3 is 0 Å². The molecule has 0 aliphatic carbocycles. The Labute approximate surface area is 386 Å². The lowest BCUT2D eigenvalue weighted by Crippen LogP contribution is -2.14. The quantitative estimate of drug-likeness (QED) is 0.0364. The van der Waals surface area contributed by atoms with Gasteiger partial charge in [-0.25, -0.2) is 0 Å². The van der Waals surface area contributed by atoms with Gasteiger partial charge in [-0.3, -0.25) is 9.98 Å². The van der Waals surface area contributed by atoms with E-state index < -0.39 is 0 Å². The van der Waals surface area contributed by atoms with Crippen LogP contribution in [0.3, 0.4) is 0 Å². The van der Waals surface area contributed by atoms with Crippen LogP contribution in [-0.4, -0.2) is 11.4 Å². The molecule has 2 nitrogen and oxygen atoms in total. The maximum absolute atomic E-state index is 5.36. The van der Waals surface area contributed by atoms with Gasteiger partial charge in [-0.2, -0.15) is 0 Å². The van der Waals surface area contributed by atoms with E-state index in [1.54, 1.807) is 0 Å². The minimum atomic E-state index is 0.943. The summed E-state index contributed by atoms with van der Waals surface area (Å²) in [5.74, 6) is 13.9. The molecule has 0 heterocycles. The highest BCUT2D eigenvalue weighted by molar-refractivity contribution is 6.43. The van der Waals surface area contributed by atoms with Crippen LogP contribution in [0.15, 0.2) is 58.5 Å². The normalized spacial score (nSPS) is 11.7. The van der Waals surface area contributed by atoms with Crippen LogP contribution in [0.1, 0.15) is 283 Å². The first-order chi connectivity index (χ1) is 30.7. The van der Waals surface area contributed by atoms with E-state index in [2.05, 4.69) is 99.9 Å². The zero-order chi connectivity index (χ0) is 44.2. The zero-order valence-electron chi connectivity index (χ0n) is 41.4. The average Bonchev–Trinajstić information content (AvgIpc) is 3.28. The zero-order valence-corrected chi connectivity index (χ0v) is 41.4. The molecule has 0 saturated heterocycles. The number of nitrogens with zero attached hydrogens (tertiary/aromatic N) is 2. The van der Waals surface area contributed by atoms with Crippen molar-refractivity contribution in [1.29, 1.82) is 0 Å². The summed E-state index contributed by atoms with van der Waals surface area (Å²) in [6, 6.07) is 17.2. The summed E-state index contributed by atoms with van der Waals surface area (Å²) in [6.07, 6.45) is 49.7. The molecule has 0 aliphatic heterocycles. The lowest BCUT2D eigenvalue weighted by Gasteiger charge is -2.12. The van der Waals surface area contributed by atoms with Gasteiger partial charge < -0.3 is 0 Å². The van der Waals surface area contributed by atoms with E-state index in [1.807, 2.05) is 0 Å². The SMILES string of the molecule is CCCCCCCCCCCCCCCC#Cc1cccc(N=C(CCCC)C(CCCCCCCC)=Nc2cccc(C#CCCCCCCCCCCCCCCC)c2)c1. The first kappa shape index (κ1) is 55.0. The second-order valence-corrected chi connectivity index (χ2v) is 18.4. The summed E-state index contributed by atoms with van der Waals surface area (Å²) in [7, 11) is 0. The maximum atomic E-state index is 5.36. The van der Waals surface area contributed by atoms with E-state index in [-0.39, 0.29) is 0 Å². The van der Waals surface area contributed by atoms with Gasteiger partial charge in [0.2, 0.25) is 0 Å². The third-order valence-corrected chi connectivity index (χ3v) is 12.4. The number of unbranched alkanes of at least 4 members (excludes halogenated alkanes) is 32. The second-order valence-electron chi connectivity index (χ2n) is 18.4. The van der Waals surface area contributed by atoms with E-state index in [1.165, 1.54) is 199 Å². The van der Waals surface area contributed by atoms with Gasteiger partial charge in [0.15, 0.2) is 0 Å². The number of aliphatic imine (C=N–C) groups is 2. The number of hydrogen-bond acceptors (Lipinski definition) is 2. The number of rotatable bonds is 39. The van der Waals surface area contributed by atoms with Crippen molar-refractivity contribution < 1.29 is 0 Å². The Morgan fingerprint density at radius 1 is 0.339 bits per heavy atom. The summed E-state index contributed by atoms with van der Waals surface area (Å²) >= 11 is 0. The van der Waals surface area contributed by atoms with Crippen molar-refractivity contribution >= 4 is 22.8 Å². The molecule has 0 radical (unpaired) electrons. The summed E-state index contributed by atoms with van der Waals surface area (Å²) in [5, 5.41) is 0. The van der Waals surface area contributed by atoms with E-state index >= 15 is 0 Å². The standard InChI is InChI=1S/C60H96N2/c1-5-9-13-16-19-21-23-25-27-29-31-33-35-37-40-45-55-47-43-49-57(53-55)61-59(51-12-8-4)60(52-42-39-18-15-11-7-3)62-58-50-44-48-56(54-58)46-41-38-36-34-32-30-28-26-24-22-20-17-14-10-6-2/h43-44,47-50,53-54H,5-39,42,51-52H2,1-4H3. The van der Waals surface area contributed by atoms with Crippen LogP contribution in [0.4, 0.5) is 11.4 Å². The van der Waals surface area contributed by atoms with Crippen LogP contribution in [0.25, 0.3) is 0 Å². The third-order valence-electron chi connectivity index (χ3n) is 12.4. The Bertz CT molecular complexity index is 1520. The fraction of sp³-hybridized carbons (Fsp3) is 0.700. The smallest absolute Gasteiger partial charge is 0.0646 e. The van der Waals surface area contributed by atoms with Gasteiger partial charge in [0.1, 0.15) is 0 Å². The monoisotopic (exact) mass is 845 g/mol. The fourth-order valence-electron chi connectivity index (χ4n) is 8.36. The highest BCUT2D eigenvalue weighted by Crippen LogP contribution is 2.22. The molecule has 0 amide bonds. The van der Waals surface area contributed by atoms with Crippen LogP contribution in [0, 0.1) is 23.7 Å². The second kappa shape index (κ2) is 41.9. The van der Waals surface area contributed by atoms with Gasteiger partial charge in [0.05, 0.1) is 22.8 Å². The van der Waals surface area contributed by atoms with Gasteiger partial charge in [0.25, 0.3) is 0 Å². The third kappa shape index (κ3) is 31.7. The van der Waals surface area contributed by atoms with Crippen molar-refractivity contribution in [2.45, 2.75) is 272 Å². The van der Waals surface area contributed by atoms with Crippen LogP contribution in [0.2, 0.25) is 0 Å². The van der Waals surface area contributed by atoms with Crippen LogP contribution < -0.4 is 0 Å². The molecule has 0 fully saturated rings. The van der Waals surface area contributed by atoms with Gasteiger partial charge in [0, 0.05) is 24.0 Å². The first-order valence-electron chi connectivity index (χ1n) is 27.0. The van der Waals surface area contributed by atoms with Crippen LogP contribution in [0.5, 0.6) is 0 Å². The maximum Gasteiger partial charge on any atom is 0.0646 e. The van der Waals surface area contributed by atoms with Crippen molar-refractivity contribution in [3.05, 3.63) is 59.7 Å². The van der Waals surface area contributed by atoms with Crippen molar-refractivity contribution in [2.24, 2.45) is 9.98 Å². The highest BCUT2D eigenvalue weighted by atomic mass is 14.8. The number of benzene rings is 2. The minimum absolute atomic E-state index is 0.943. The molecule has 2 heteroatoms. The minimum Gasteiger partial charge on any atom is -0.252 e. The molecule has 2 aromatic carbocycles. The molecule has 0 saturated carbocycles.